The van der Waals surface area contributed by atoms with E-state index >= 15 is 0 Å². The van der Waals surface area contributed by atoms with Crippen LogP contribution < -0.4 is 4.90 Å². The van der Waals surface area contributed by atoms with Crippen molar-refractivity contribution >= 4 is 61.2 Å². The molecule has 0 spiro atoms. The van der Waals surface area contributed by atoms with Crippen LogP contribution in [0.4, 0.5) is 10.1 Å². The topological polar surface area (TPSA) is 74.8 Å². The normalized spacial score (nSPS) is 24.5. The van der Waals surface area contributed by atoms with Gasteiger partial charge in [-0.15, -0.1) is 0 Å². The Morgan fingerprint density at radius 3 is 2.50 bits per heavy atom. The Labute approximate surface area is 194 Å². The van der Waals surface area contributed by atoms with E-state index in [-0.39, 0.29) is 32.8 Å². The zero-order valence-corrected chi connectivity index (χ0v) is 19.1. The maximum absolute atomic E-state index is 14.3. The van der Waals surface area contributed by atoms with Gasteiger partial charge in [0, 0.05) is 11.1 Å². The van der Waals surface area contributed by atoms with E-state index in [1.807, 2.05) is 0 Å². The minimum Gasteiger partial charge on any atom is -0.303 e. The monoisotopic (exact) mass is 488 g/mol. The SMILES string of the molecule is O=C1C(=C2SC(=S)N(C3CCS(=O)(=O)C3)C2=O)c2ccccc2N1Cc1ccccc1F. The number of sulfone groups is 1. The summed E-state index contributed by atoms with van der Waals surface area (Å²) in [4.78, 5) is 29.8. The minimum atomic E-state index is -3.21. The Bertz CT molecular complexity index is 1320. The van der Waals surface area contributed by atoms with Gasteiger partial charge in [-0.05, 0) is 18.6 Å². The molecule has 2 aromatic rings. The van der Waals surface area contributed by atoms with Crippen LogP contribution >= 0.6 is 24.0 Å². The largest absolute Gasteiger partial charge is 0.303 e. The van der Waals surface area contributed by atoms with Crippen molar-refractivity contribution in [1.82, 2.24) is 4.90 Å². The lowest BCUT2D eigenvalue weighted by molar-refractivity contribution is -0.123. The molecule has 2 aromatic carbocycles. The molecule has 0 aliphatic carbocycles. The first-order valence-corrected chi connectivity index (χ1v) is 13.0. The second-order valence-corrected chi connectivity index (χ2v) is 11.7. The highest BCUT2D eigenvalue weighted by Crippen LogP contribution is 2.46. The zero-order chi connectivity index (χ0) is 22.6. The third-order valence-electron chi connectivity index (χ3n) is 5.81. The molecular formula is C22H17FN2O4S3. The maximum Gasteiger partial charge on any atom is 0.267 e. The molecule has 1 atom stereocenters. The highest BCUT2D eigenvalue weighted by atomic mass is 32.2. The van der Waals surface area contributed by atoms with Crippen molar-refractivity contribution in [3.05, 3.63) is 70.4 Å². The van der Waals surface area contributed by atoms with E-state index in [2.05, 4.69) is 0 Å². The first-order chi connectivity index (χ1) is 15.3. The van der Waals surface area contributed by atoms with E-state index in [1.54, 1.807) is 42.5 Å². The number of carbonyl (C=O) groups is 2. The zero-order valence-electron chi connectivity index (χ0n) is 16.7. The molecule has 2 amide bonds. The molecule has 3 aliphatic heterocycles. The standard InChI is InChI=1S/C22H17FN2O4S3/c23-16-7-3-1-5-13(16)11-24-17-8-4-2-6-15(17)18(20(24)26)19-21(27)25(22(30)31-19)14-9-10-32(28,29)12-14/h1-8,14H,9-12H2. The summed E-state index contributed by atoms with van der Waals surface area (Å²) in [6, 6.07) is 12.8. The molecule has 2 saturated heterocycles. The van der Waals surface area contributed by atoms with Crippen molar-refractivity contribution in [1.29, 1.82) is 0 Å². The molecule has 1 unspecified atom stereocenters. The number of nitrogens with zero attached hydrogens (tertiary/aromatic N) is 2. The summed E-state index contributed by atoms with van der Waals surface area (Å²) in [5, 5.41) is 0. The Kier molecular flexibility index (Phi) is 5.18. The molecule has 10 heteroatoms. The van der Waals surface area contributed by atoms with Crippen molar-refractivity contribution in [3.8, 4) is 0 Å². The molecule has 32 heavy (non-hydrogen) atoms. The summed E-state index contributed by atoms with van der Waals surface area (Å²) in [6.45, 7) is 0.0210. The Balaban J connectivity index is 1.55. The number of thioether (sulfide) groups is 1. The number of carbonyl (C=O) groups excluding carboxylic acids is 2. The predicted octanol–water partition coefficient (Wildman–Crippen LogP) is 3.13. The number of anilines is 1. The van der Waals surface area contributed by atoms with Crippen LogP contribution in [0.2, 0.25) is 0 Å². The van der Waals surface area contributed by atoms with Gasteiger partial charge < -0.3 is 4.90 Å². The number of rotatable bonds is 3. The fourth-order valence-electron chi connectivity index (χ4n) is 4.28. The van der Waals surface area contributed by atoms with Crippen LogP contribution in [0.3, 0.4) is 0 Å². The van der Waals surface area contributed by atoms with Gasteiger partial charge in [-0.25, -0.2) is 12.8 Å². The summed E-state index contributed by atoms with van der Waals surface area (Å²) < 4.78 is 38.3. The van der Waals surface area contributed by atoms with Crippen LogP contribution in [0, 0.1) is 5.82 Å². The molecule has 0 saturated carbocycles. The van der Waals surface area contributed by atoms with E-state index in [4.69, 9.17) is 12.2 Å². The summed E-state index contributed by atoms with van der Waals surface area (Å²) in [5.41, 5.74) is 1.75. The van der Waals surface area contributed by atoms with Crippen molar-refractivity contribution < 1.29 is 22.4 Å². The van der Waals surface area contributed by atoms with Crippen LogP contribution in [0.15, 0.2) is 53.4 Å². The van der Waals surface area contributed by atoms with E-state index in [1.165, 1.54) is 15.9 Å². The lowest BCUT2D eigenvalue weighted by atomic mass is 10.1. The number of hydrogen-bond donors (Lipinski definition) is 0. The van der Waals surface area contributed by atoms with Crippen LogP contribution in [0.5, 0.6) is 0 Å². The van der Waals surface area contributed by atoms with Gasteiger partial charge in [0.1, 0.15) is 10.1 Å². The molecule has 164 valence electrons. The predicted molar refractivity (Wildman–Crippen MR) is 125 cm³/mol. The molecule has 3 aliphatic rings. The highest BCUT2D eigenvalue weighted by molar-refractivity contribution is 8.26. The van der Waals surface area contributed by atoms with Gasteiger partial charge in [0.05, 0.1) is 40.3 Å². The fourth-order valence-corrected chi connectivity index (χ4v) is 7.45. The summed E-state index contributed by atoms with van der Waals surface area (Å²) >= 11 is 6.41. The van der Waals surface area contributed by atoms with Crippen LogP contribution in [0.1, 0.15) is 17.5 Å². The van der Waals surface area contributed by atoms with Crippen molar-refractivity contribution in [3.63, 3.8) is 0 Å². The van der Waals surface area contributed by atoms with Gasteiger partial charge in [-0.1, -0.05) is 60.4 Å². The van der Waals surface area contributed by atoms with Crippen LogP contribution in [0.25, 0.3) is 5.57 Å². The minimum absolute atomic E-state index is 0.0127. The second kappa shape index (κ2) is 7.79. The Hall–Kier alpha value is -2.56. The number of amides is 2. The molecule has 5 rings (SSSR count). The average Bonchev–Trinajstić information content (AvgIpc) is 3.34. The number of para-hydroxylation sites is 1. The molecule has 3 heterocycles. The molecule has 2 fully saturated rings. The van der Waals surface area contributed by atoms with Gasteiger partial charge in [0.15, 0.2) is 9.84 Å². The smallest absolute Gasteiger partial charge is 0.267 e. The van der Waals surface area contributed by atoms with Gasteiger partial charge in [0.25, 0.3) is 11.8 Å². The van der Waals surface area contributed by atoms with Gasteiger partial charge in [0.2, 0.25) is 0 Å². The van der Waals surface area contributed by atoms with Crippen molar-refractivity contribution in [2.45, 2.75) is 19.0 Å². The summed E-state index contributed by atoms with van der Waals surface area (Å²) in [5.74, 6) is -1.40. The second-order valence-electron chi connectivity index (χ2n) is 7.80. The summed E-state index contributed by atoms with van der Waals surface area (Å²) in [7, 11) is -3.21. The number of hydrogen-bond acceptors (Lipinski definition) is 6. The Morgan fingerprint density at radius 2 is 1.78 bits per heavy atom. The fraction of sp³-hybridized carbons (Fsp3) is 0.227. The van der Waals surface area contributed by atoms with E-state index < -0.39 is 33.5 Å². The molecule has 0 aromatic heterocycles. The molecular weight excluding hydrogens is 471 g/mol. The molecule has 0 bridgehead atoms. The quantitative estimate of drug-likeness (QED) is 0.488. The van der Waals surface area contributed by atoms with Crippen molar-refractivity contribution in [2.24, 2.45) is 0 Å². The van der Waals surface area contributed by atoms with Gasteiger partial charge in [-0.2, -0.15) is 0 Å². The lowest BCUT2D eigenvalue weighted by Crippen LogP contribution is -2.39. The lowest BCUT2D eigenvalue weighted by Gasteiger charge is -2.21. The maximum atomic E-state index is 14.3. The molecule has 6 nitrogen and oxygen atoms in total. The van der Waals surface area contributed by atoms with Gasteiger partial charge in [-0.3, -0.25) is 14.5 Å². The number of halogens is 1. The van der Waals surface area contributed by atoms with Crippen LogP contribution in [-0.2, 0) is 26.0 Å². The first-order valence-electron chi connectivity index (χ1n) is 9.91. The van der Waals surface area contributed by atoms with E-state index in [0.29, 0.717) is 23.2 Å². The molecule has 0 radical (unpaired) electrons. The van der Waals surface area contributed by atoms with Crippen LogP contribution in [-0.4, -0.2) is 47.0 Å². The van der Waals surface area contributed by atoms with Crippen molar-refractivity contribution in [2.75, 3.05) is 16.4 Å². The van der Waals surface area contributed by atoms with E-state index in [9.17, 15) is 22.4 Å². The number of thiocarbonyl (C=S) groups is 1. The first kappa shape index (κ1) is 21.3. The number of fused-ring (bicyclic) bond motifs is 1. The highest BCUT2D eigenvalue weighted by Gasteiger charge is 2.46. The summed E-state index contributed by atoms with van der Waals surface area (Å²) in [6.07, 6.45) is 0.321. The van der Waals surface area contributed by atoms with E-state index in [0.717, 1.165) is 11.8 Å². The van der Waals surface area contributed by atoms with Gasteiger partial charge >= 0.3 is 0 Å². The number of benzene rings is 2. The third kappa shape index (κ3) is 3.46. The average molecular weight is 489 g/mol. The molecule has 0 N–H and O–H groups in total. The third-order valence-corrected chi connectivity index (χ3v) is 8.96. The Morgan fingerprint density at radius 1 is 1.06 bits per heavy atom.